The van der Waals surface area contributed by atoms with Crippen molar-refractivity contribution in [2.24, 2.45) is 0 Å². The van der Waals surface area contributed by atoms with Crippen molar-refractivity contribution in [2.75, 3.05) is 4.72 Å². The molecule has 0 spiro atoms. The topological polar surface area (TPSA) is 55.4 Å². The molecule has 4 nitrogen and oxygen atoms in total. The number of benzene rings is 3. The first-order valence-corrected chi connectivity index (χ1v) is 9.21. The Morgan fingerprint density at radius 1 is 0.875 bits per heavy atom. The summed E-state index contributed by atoms with van der Waals surface area (Å²) in [6.07, 6.45) is 0.0253. The largest absolute Gasteiger partial charge is 0.491 e. The lowest BCUT2D eigenvalue weighted by Crippen LogP contribution is -2.13. The third kappa shape index (κ3) is 3.68. The van der Waals surface area contributed by atoms with Crippen LogP contribution in [-0.2, 0) is 10.0 Å². The number of anilines is 1. The van der Waals surface area contributed by atoms with Crippen molar-refractivity contribution in [2.45, 2.75) is 24.8 Å². The molecule has 24 heavy (non-hydrogen) atoms. The van der Waals surface area contributed by atoms with E-state index < -0.39 is 10.0 Å². The molecule has 5 heteroatoms. The van der Waals surface area contributed by atoms with Crippen LogP contribution < -0.4 is 9.46 Å². The first kappa shape index (κ1) is 16.3. The maximum Gasteiger partial charge on any atom is 0.261 e. The van der Waals surface area contributed by atoms with E-state index in [-0.39, 0.29) is 11.0 Å². The third-order valence-electron chi connectivity index (χ3n) is 3.49. The van der Waals surface area contributed by atoms with Crippen molar-refractivity contribution >= 4 is 26.5 Å². The summed E-state index contributed by atoms with van der Waals surface area (Å²) in [5.41, 5.74) is 0.473. The highest BCUT2D eigenvalue weighted by Gasteiger charge is 2.15. The Morgan fingerprint density at radius 3 is 2.38 bits per heavy atom. The Hall–Kier alpha value is -2.53. The summed E-state index contributed by atoms with van der Waals surface area (Å²) < 4.78 is 33.5. The minimum atomic E-state index is -3.66. The lowest BCUT2D eigenvalue weighted by atomic mass is 10.1. The van der Waals surface area contributed by atoms with E-state index in [4.69, 9.17) is 4.74 Å². The first-order valence-electron chi connectivity index (χ1n) is 7.72. The number of hydrogen-bond acceptors (Lipinski definition) is 3. The van der Waals surface area contributed by atoms with Crippen molar-refractivity contribution in [1.82, 2.24) is 0 Å². The summed E-state index contributed by atoms with van der Waals surface area (Å²) in [5.74, 6) is 0.628. The van der Waals surface area contributed by atoms with Gasteiger partial charge in [0.1, 0.15) is 5.75 Å². The van der Waals surface area contributed by atoms with E-state index in [9.17, 15) is 8.42 Å². The number of ether oxygens (including phenoxy) is 1. The molecular formula is C19H19NO3S. The van der Waals surface area contributed by atoms with Gasteiger partial charge in [-0.05, 0) is 48.9 Å². The van der Waals surface area contributed by atoms with Crippen molar-refractivity contribution in [3.63, 3.8) is 0 Å². The SMILES string of the molecule is CC(C)Oc1cccc(NS(=O)(=O)c2ccc3ccccc3c2)c1. The highest BCUT2D eigenvalue weighted by atomic mass is 32.2. The molecule has 0 heterocycles. The number of fused-ring (bicyclic) bond motifs is 1. The van der Waals surface area contributed by atoms with Crippen molar-refractivity contribution in [3.8, 4) is 5.75 Å². The zero-order valence-electron chi connectivity index (χ0n) is 13.6. The van der Waals surface area contributed by atoms with Crippen LogP contribution in [0.3, 0.4) is 0 Å². The normalized spacial score (nSPS) is 11.6. The minimum absolute atomic E-state index is 0.0253. The van der Waals surface area contributed by atoms with Crippen LogP contribution in [0.4, 0.5) is 5.69 Å². The Labute approximate surface area is 142 Å². The summed E-state index contributed by atoms with van der Waals surface area (Å²) in [5, 5.41) is 1.89. The molecular weight excluding hydrogens is 322 g/mol. The predicted molar refractivity (Wildman–Crippen MR) is 97.0 cm³/mol. The van der Waals surface area contributed by atoms with Crippen LogP contribution >= 0.6 is 0 Å². The predicted octanol–water partition coefficient (Wildman–Crippen LogP) is 4.43. The van der Waals surface area contributed by atoms with Gasteiger partial charge in [-0.15, -0.1) is 0 Å². The molecule has 0 saturated carbocycles. The molecule has 0 radical (unpaired) electrons. The van der Waals surface area contributed by atoms with Crippen LogP contribution in [0.25, 0.3) is 10.8 Å². The maximum absolute atomic E-state index is 12.6. The smallest absolute Gasteiger partial charge is 0.261 e. The van der Waals surface area contributed by atoms with Crippen LogP contribution in [0.2, 0.25) is 0 Å². The lowest BCUT2D eigenvalue weighted by Gasteiger charge is -2.12. The summed E-state index contributed by atoms with van der Waals surface area (Å²) in [6.45, 7) is 3.85. The Balaban J connectivity index is 1.90. The molecule has 0 bridgehead atoms. The van der Waals surface area contributed by atoms with Crippen molar-refractivity contribution in [3.05, 3.63) is 66.7 Å². The van der Waals surface area contributed by atoms with Crippen LogP contribution in [0.1, 0.15) is 13.8 Å². The first-order chi connectivity index (χ1) is 11.4. The molecule has 3 aromatic rings. The molecule has 0 aliphatic heterocycles. The average molecular weight is 341 g/mol. The van der Waals surface area contributed by atoms with Gasteiger partial charge in [0.15, 0.2) is 0 Å². The van der Waals surface area contributed by atoms with Crippen molar-refractivity contribution in [1.29, 1.82) is 0 Å². The van der Waals surface area contributed by atoms with Gasteiger partial charge in [-0.2, -0.15) is 0 Å². The standard InChI is InChI=1S/C19H19NO3S/c1-14(2)23-18-9-5-8-17(13-18)20-24(21,22)19-11-10-15-6-3-4-7-16(15)12-19/h3-14,20H,1-2H3. The molecule has 0 aromatic heterocycles. The minimum Gasteiger partial charge on any atom is -0.491 e. The Bertz CT molecular complexity index is 965. The van der Waals surface area contributed by atoms with Gasteiger partial charge in [0, 0.05) is 6.07 Å². The van der Waals surface area contributed by atoms with E-state index in [1.807, 2.05) is 44.2 Å². The van der Waals surface area contributed by atoms with E-state index >= 15 is 0 Å². The number of nitrogens with one attached hydrogen (secondary N) is 1. The van der Waals surface area contributed by atoms with Gasteiger partial charge in [-0.1, -0.05) is 36.4 Å². The molecule has 0 unspecified atom stereocenters. The summed E-state index contributed by atoms with van der Waals surface area (Å²) in [4.78, 5) is 0.233. The highest BCUT2D eigenvalue weighted by molar-refractivity contribution is 7.92. The fourth-order valence-electron chi connectivity index (χ4n) is 2.45. The second-order valence-corrected chi connectivity index (χ2v) is 7.49. The third-order valence-corrected chi connectivity index (χ3v) is 4.87. The molecule has 0 aliphatic carbocycles. The maximum atomic E-state index is 12.6. The average Bonchev–Trinajstić information content (AvgIpc) is 2.53. The van der Waals surface area contributed by atoms with Gasteiger partial charge in [0.25, 0.3) is 10.0 Å². The zero-order chi connectivity index (χ0) is 17.2. The Kier molecular flexibility index (Phi) is 4.44. The molecule has 3 rings (SSSR count). The second-order valence-electron chi connectivity index (χ2n) is 5.81. The number of sulfonamides is 1. The van der Waals surface area contributed by atoms with Gasteiger partial charge in [-0.3, -0.25) is 4.72 Å². The molecule has 1 N–H and O–H groups in total. The molecule has 0 saturated heterocycles. The molecule has 0 amide bonds. The van der Waals surface area contributed by atoms with Crippen molar-refractivity contribution < 1.29 is 13.2 Å². The lowest BCUT2D eigenvalue weighted by molar-refractivity contribution is 0.242. The fraction of sp³-hybridized carbons (Fsp3) is 0.158. The van der Waals surface area contributed by atoms with Gasteiger partial charge < -0.3 is 4.74 Å². The monoisotopic (exact) mass is 341 g/mol. The van der Waals surface area contributed by atoms with Crippen LogP contribution in [0.15, 0.2) is 71.6 Å². The summed E-state index contributed by atoms with van der Waals surface area (Å²) in [7, 11) is -3.66. The molecule has 0 atom stereocenters. The summed E-state index contributed by atoms with van der Waals surface area (Å²) in [6, 6.07) is 19.7. The number of rotatable bonds is 5. The Morgan fingerprint density at radius 2 is 1.62 bits per heavy atom. The van der Waals surface area contributed by atoms with Crippen LogP contribution in [-0.4, -0.2) is 14.5 Å². The fourth-order valence-corrected chi connectivity index (χ4v) is 3.54. The molecule has 0 aliphatic rings. The molecule has 3 aromatic carbocycles. The van der Waals surface area contributed by atoms with Gasteiger partial charge >= 0.3 is 0 Å². The number of hydrogen-bond donors (Lipinski definition) is 1. The second kappa shape index (κ2) is 6.53. The summed E-state index contributed by atoms with van der Waals surface area (Å²) >= 11 is 0. The van der Waals surface area contributed by atoms with E-state index in [0.29, 0.717) is 11.4 Å². The van der Waals surface area contributed by atoms with E-state index in [2.05, 4.69) is 4.72 Å². The van der Waals surface area contributed by atoms with Crippen LogP contribution in [0, 0.1) is 0 Å². The highest BCUT2D eigenvalue weighted by Crippen LogP contribution is 2.24. The van der Waals surface area contributed by atoms with Gasteiger partial charge in [0.2, 0.25) is 0 Å². The van der Waals surface area contributed by atoms with E-state index in [0.717, 1.165) is 10.8 Å². The van der Waals surface area contributed by atoms with E-state index in [1.165, 1.54) is 0 Å². The molecule has 0 fully saturated rings. The van der Waals surface area contributed by atoms with Gasteiger partial charge in [-0.25, -0.2) is 8.42 Å². The molecule has 124 valence electrons. The van der Waals surface area contributed by atoms with Crippen LogP contribution in [0.5, 0.6) is 5.75 Å². The van der Waals surface area contributed by atoms with Gasteiger partial charge in [0.05, 0.1) is 16.7 Å². The van der Waals surface area contributed by atoms with E-state index in [1.54, 1.807) is 36.4 Å². The zero-order valence-corrected chi connectivity index (χ0v) is 14.4. The quantitative estimate of drug-likeness (QED) is 0.747.